The van der Waals surface area contributed by atoms with Gasteiger partial charge in [-0.3, -0.25) is 4.79 Å². The normalized spacial score (nSPS) is 12.2. The van der Waals surface area contributed by atoms with Gasteiger partial charge in [-0.05, 0) is 38.1 Å². The zero-order valence-corrected chi connectivity index (χ0v) is 12.1. The Labute approximate surface area is 113 Å². The highest BCUT2D eigenvalue weighted by molar-refractivity contribution is 7.91. The average Bonchev–Trinajstić information content (AvgIpc) is 2.27. The molecule has 0 aliphatic heterocycles. The summed E-state index contributed by atoms with van der Waals surface area (Å²) in [7, 11) is -3.20. The minimum absolute atomic E-state index is 0.0258. The van der Waals surface area contributed by atoms with Gasteiger partial charge in [0.2, 0.25) is 0 Å². The van der Waals surface area contributed by atoms with Gasteiger partial charge in [0.25, 0.3) is 0 Å². The fraction of sp³-hybridized carbons (Fsp3) is 0.462. The Bertz CT molecular complexity index is 547. The summed E-state index contributed by atoms with van der Waals surface area (Å²) < 4.78 is 23.3. The maximum Gasteiger partial charge on any atom is 0.305 e. The zero-order chi connectivity index (χ0) is 14.7. The zero-order valence-electron chi connectivity index (χ0n) is 11.3. The van der Waals surface area contributed by atoms with E-state index in [0.717, 1.165) is 0 Å². The predicted octanol–water partition coefficient (Wildman–Crippen LogP) is 2.15. The summed E-state index contributed by atoms with van der Waals surface area (Å²) in [5.41, 5.74) is 0.0954. The number of carboxylic acids is 1. The van der Waals surface area contributed by atoms with Crippen LogP contribution in [0.3, 0.4) is 0 Å². The molecule has 5 nitrogen and oxygen atoms in total. The molecule has 2 N–H and O–H groups in total. The first kappa shape index (κ1) is 15.5. The van der Waals surface area contributed by atoms with Gasteiger partial charge < -0.3 is 10.4 Å². The maximum atomic E-state index is 11.6. The van der Waals surface area contributed by atoms with Gasteiger partial charge in [0.15, 0.2) is 9.84 Å². The van der Waals surface area contributed by atoms with Gasteiger partial charge in [0.05, 0.1) is 17.1 Å². The summed E-state index contributed by atoms with van der Waals surface area (Å²) in [6, 6.07) is 6.34. The monoisotopic (exact) mass is 285 g/mol. The van der Waals surface area contributed by atoms with Crippen molar-refractivity contribution in [3.63, 3.8) is 0 Å². The van der Waals surface area contributed by atoms with E-state index in [1.54, 1.807) is 32.9 Å². The van der Waals surface area contributed by atoms with Crippen LogP contribution >= 0.6 is 0 Å². The van der Waals surface area contributed by atoms with Gasteiger partial charge in [-0.1, -0.05) is 6.92 Å². The van der Waals surface area contributed by atoms with Gasteiger partial charge in [0, 0.05) is 11.2 Å². The van der Waals surface area contributed by atoms with Gasteiger partial charge >= 0.3 is 5.97 Å². The van der Waals surface area contributed by atoms with Crippen LogP contribution in [0.5, 0.6) is 0 Å². The topological polar surface area (TPSA) is 83.5 Å². The molecule has 19 heavy (non-hydrogen) atoms. The molecular formula is C13H19NO4S. The Morgan fingerprint density at radius 2 is 1.79 bits per heavy atom. The van der Waals surface area contributed by atoms with Crippen LogP contribution in [0.1, 0.15) is 27.2 Å². The first-order valence-corrected chi connectivity index (χ1v) is 7.64. The predicted molar refractivity (Wildman–Crippen MR) is 74.1 cm³/mol. The van der Waals surface area contributed by atoms with Crippen molar-refractivity contribution in [3.05, 3.63) is 24.3 Å². The Morgan fingerprint density at radius 3 is 2.21 bits per heavy atom. The van der Waals surface area contributed by atoms with Crippen LogP contribution in [-0.4, -0.2) is 30.8 Å². The van der Waals surface area contributed by atoms with Gasteiger partial charge in [-0.15, -0.1) is 0 Å². The lowest BCUT2D eigenvalue weighted by atomic mass is 10.0. The van der Waals surface area contributed by atoms with E-state index in [-0.39, 0.29) is 17.1 Å². The molecule has 0 saturated carbocycles. The number of hydrogen-bond acceptors (Lipinski definition) is 4. The third kappa shape index (κ3) is 4.55. The maximum absolute atomic E-state index is 11.6. The first-order chi connectivity index (χ1) is 8.66. The van der Waals surface area contributed by atoms with Crippen molar-refractivity contribution in [2.75, 3.05) is 11.1 Å². The molecule has 0 atom stereocenters. The third-order valence-corrected chi connectivity index (χ3v) is 4.42. The van der Waals surface area contributed by atoms with Crippen LogP contribution in [0.4, 0.5) is 5.69 Å². The lowest BCUT2D eigenvalue weighted by Gasteiger charge is -2.25. The Morgan fingerprint density at radius 1 is 1.26 bits per heavy atom. The summed E-state index contributed by atoms with van der Waals surface area (Å²) in [4.78, 5) is 11.0. The van der Waals surface area contributed by atoms with Crippen molar-refractivity contribution in [2.24, 2.45) is 0 Å². The molecule has 0 fully saturated rings. The van der Waals surface area contributed by atoms with Crippen molar-refractivity contribution < 1.29 is 18.3 Å². The molecule has 1 aromatic rings. The molecule has 0 radical (unpaired) electrons. The second-order valence-electron chi connectivity index (χ2n) is 5.01. The fourth-order valence-corrected chi connectivity index (χ4v) is 2.61. The fourth-order valence-electron chi connectivity index (χ4n) is 1.73. The van der Waals surface area contributed by atoms with Gasteiger partial charge in [-0.2, -0.15) is 0 Å². The molecule has 0 aliphatic carbocycles. The standard InChI is InChI=1S/C13H19NO4S/c1-4-19(17,18)11-7-5-10(6-8-11)14-13(2,3)9-12(15)16/h5-8,14H,4,9H2,1-3H3,(H,15,16). The Kier molecular flexibility index (Phi) is 4.57. The molecule has 1 rings (SSSR count). The van der Waals surface area contributed by atoms with Crippen LogP contribution in [0.25, 0.3) is 0 Å². The molecule has 0 aliphatic rings. The second-order valence-corrected chi connectivity index (χ2v) is 7.29. The summed E-state index contributed by atoms with van der Waals surface area (Å²) in [6.07, 6.45) is -0.0258. The lowest BCUT2D eigenvalue weighted by Crippen LogP contribution is -2.33. The molecule has 106 valence electrons. The van der Waals surface area contributed by atoms with Crippen LogP contribution < -0.4 is 5.32 Å². The largest absolute Gasteiger partial charge is 0.481 e. The van der Waals surface area contributed by atoms with Crippen LogP contribution in [0, 0.1) is 0 Å². The second kappa shape index (κ2) is 5.61. The highest BCUT2D eigenvalue weighted by Crippen LogP contribution is 2.20. The summed E-state index contributed by atoms with van der Waals surface area (Å²) >= 11 is 0. The van der Waals surface area contributed by atoms with E-state index in [0.29, 0.717) is 5.69 Å². The highest BCUT2D eigenvalue weighted by Gasteiger charge is 2.21. The molecule has 0 saturated heterocycles. The quantitative estimate of drug-likeness (QED) is 0.836. The van der Waals surface area contributed by atoms with Crippen LogP contribution in [-0.2, 0) is 14.6 Å². The number of nitrogens with one attached hydrogen (secondary N) is 1. The molecule has 1 aromatic carbocycles. The number of rotatable bonds is 6. The number of sulfone groups is 1. The van der Waals surface area contributed by atoms with E-state index in [2.05, 4.69) is 5.32 Å². The lowest BCUT2D eigenvalue weighted by molar-refractivity contribution is -0.137. The molecule has 0 unspecified atom stereocenters. The summed E-state index contributed by atoms with van der Waals surface area (Å²) in [6.45, 7) is 5.15. The van der Waals surface area contributed by atoms with Crippen molar-refractivity contribution in [3.8, 4) is 0 Å². The van der Waals surface area contributed by atoms with Crippen molar-refractivity contribution in [1.82, 2.24) is 0 Å². The number of carboxylic acid groups (broad SMARTS) is 1. The molecule has 0 spiro atoms. The number of hydrogen-bond donors (Lipinski definition) is 2. The van der Waals surface area contributed by atoms with E-state index >= 15 is 0 Å². The Balaban J connectivity index is 2.86. The average molecular weight is 285 g/mol. The molecule has 6 heteroatoms. The van der Waals surface area contributed by atoms with Crippen molar-refractivity contribution in [1.29, 1.82) is 0 Å². The van der Waals surface area contributed by atoms with Gasteiger partial charge in [0.1, 0.15) is 0 Å². The smallest absolute Gasteiger partial charge is 0.305 e. The van der Waals surface area contributed by atoms with Crippen molar-refractivity contribution in [2.45, 2.75) is 37.6 Å². The minimum Gasteiger partial charge on any atom is -0.481 e. The van der Waals surface area contributed by atoms with E-state index in [9.17, 15) is 13.2 Å². The summed E-state index contributed by atoms with van der Waals surface area (Å²) in [5, 5.41) is 11.9. The first-order valence-electron chi connectivity index (χ1n) is 5.99. The van der Waals surface area contributed by atoms with Crippen LogP contribution in [0.15, 0.2) is 29.2 Å². The van der Waals surface area contributed by atoms with Crippen LogP contribution in [0.2, 0.25) is 0 Å². The van der Waals surface area contributed by atoms with E-state index in [4.69, 9.17) is 5.11 Å². The molecule has 0 heterocycles. The molecule has 0 amide bonds. The highest BCUT2D eigenvalue weighted by atomic mass is 32.2. The SMILES string of the molecule is CCS(=O)(=O)c1ccc(NC(C)(C)CC(=O)O)cc1. The molecular weight excluding hydrogens is 266 g/mol. The van der Waals surface area contributed by atoms with E-state index in [1.807, 2.05) is 0 Å². The number of aliphatic carboxylic acids is 1. The summed E-state index contributed by atoms with van der Waals surface area (Å²) in [5.74, 6) is -0.827. The van der Waals surface area contributed by atoms with Crippen molar-refractivity contribution >= 4 is 21.5 Å². The van der Waals surface area contributed by atoms with Gasteiger partial charge in [-0.25, -0.2) is 8.42 Å². The van der Waals surface area contributed by atoms with E-state index in [1.165, 1.54) is 12.1 Å². The van der Waals surface area contributed by atoms with E-state index < -0.39 is 21.3 Å². The number of carbonyl (C=O) groups is 1. The number of benzene rings is 1. The molecule has 0 aromatic heterocycles. The minimum atomic E-state index is -3.20. The third-order valence-electron chi connectivity index (χ3n) is 2.67. The Hall–Kier alpha value is -1.56. The molecule has 0 bridgehead atoms. The number of anilines is 1.